The van der Waals surface area contributed by atoms with E-state index < -0.39 is 4.92 Å². The van der Waals surface area contributed by atoms with Crippen LogP contribution in [0.15, 0.2) is 36.5 Å². The predicted octanol–water partition coefficient (Wildman–Crippen LogP) is 2.25. The number of pyridine rings is 1. The highest BCUT2D eigenvalue weighted by Crippen LogP contribution is 2.27. The molecule has 0 atom stereocenters. The van der Waals surface area contributed by atoms with Crippen molar-refractivity contribution in [3.8, 4) is 0 Å². The van der Waals surface area contributed by atoms with Crippen molar-refractivity contribution in [1.82, 2.24) is 4.98 Å². The molecule has 0 bridgehead atoms. The third kappa shape index (κ3) is 3.59. The average Bonchev–Trinajstić information content (AvgIpc) is 2.45. The second kappa shape index (κ2) is 6.08. The highest BCUT2D eigenvalue weighted by atomic mass is 16.6. The van der Waals surface area contributed by atoms with Crippen LogP contribution in [0.1, 0.15) is 5.56 Å². The number of nitrogen functional groups attached to an aromatic ring is 1. The molecule has 0 radical (unpaired) electrons. The van der Waals surface area contributed by atoms with Crippen LogP contribution < -0.4 is 16.0 Å². The summed E-state index contributed by atoms with van der Waals surface area (Å²) in [5, 5.41) is 14.0. The SMILES string of the molecule is CN(C)c1cc(CNc2cc(N)ccc2[N+](=O)[O-])ccn1. The van der Waals surface area contributed by atoms with E-state index in [9.17, 15) is 10.1 Å². The van der Waals surface area contributed by atoms with Crippen LogP contribution >= 0.6 is 0 Å². The van der Waals surface area contributed by atoms with Gasteiger partial charge in [0.1, 0.15) is 11.5 Å². The van der Waals surface area contributed by atoms with E-state index in [1.54, 1.807) is 12.3 Å². The molecule has 1 aromatic carbocycles. The number of aromatic nitrogens is 1. The molecule has 1 aromatic heterocycles. The monoisotopic (exact) mass is 287 g/mol. The van der Waals surface area contributed by atoms with Gasteiger partial charge >= 0.3 is 0 Å². The lowest BCUT2D eigenvalue weighted by Gasteiger charge is -2.13. The van der Waals surface area contributed by atoms with Gasteiger partial charge in [-0.05, 0) is 29.8 Å². The molecule has 2 aromatic rings. The molecule has 0 amide bonds. The van der Waals surface area contributed by atoms with E-state index in [-0.39, 0.29) is 5.69 Å². The highest BCUT2D eigenvalue weighted by Gasteiger charge is 2.13. The van der Waals surface area contributed by atoms with E-state index in [2.05, 4.69) is 10.3 Å². The number of hydrogen-bond acceptors (Lipinski definition) is 6. The second-order valence-electron chi connectivity index (χ2n) is 4.80. The van der Waals surface area contributed by atoms with E-state index in [1.807, 2.05) is 31.1 Å². The second-order valence-corrected chi connectivity index (χ2v) is 4.80. The van der Waals surface area contributed by atoms with E-state index >= 15 is 0 Å². The number of nitro benzene ring substituents is 1. The van der Waals surface area contributed by atoms with Crippen LogP contribution in [0.5, 0.6) is 0 Å². The van der Waals surface area contributed by atoms with Crippen molar-refractivity contribution in [3.05, 3.63) is 52.2 Å². The molecule has 0 aliphatic rings. The van der Waals surface area contributed by atoms with Crippen molar-refractivity contribution in [2.45, 2.75) is 6.54 Å². The average molecular weight is 287 g/mol. The lowest BCUT2D eigenvalue weighted by atomic mass is 10.2. The smallest absolute Gasteiger partial charge is 0.292 e. The lowest BCUT2D eigenvalue weighted by molar-refractivity contribution is -0.383. The maximum Gasteiger partial charge on any atom is 0.292 e. The van der Waals surface area contributed by atoms with Crippen molar-refractivity contribution >= 4 is 22.9 Å². The van der Waals surface area contributed by atoms with Crippen molar-refractivity contribution in [3.63, 3.8) is 0 Å². The molecule has 0 fully saturated rings. The zero-order chi connectivity index (χ0) is 15.4. The van der Waals surface area contributed by atoms with Crippen molar-refractivity contribution < 1.29 is 4.92 Å². The van der Waals surface area contributed by atoms with Gasteiger partial charge in [0, 0.05) is 38.6 Å². The molecule has 21 heavy (non-hydrogen) atoms. The Kier molecular flexibility index (Phi) is 4.22. The van der Waals surface area contributed by atoms with Crippen molar-refractivity contribution in [1.29, 1.82) is 0 Å². The fourth-order valence-electron chi connectivity index (χ4n) is 1.87. The van der Waals surface area contributed by atoms with E-state index in [4.69, 9.17) is 5.73 Å². The van der Waals surface area contributed by atoms with Gasteiger partial charge in [-0.3, -0.25) is 10.1 Å². The van der Waals surface area contributed by atoms with Gasteiger partial charge in [-0.1, -0.05) is 0 Å². The van der Waals surface area contributed by atoms with Crippen LogP contribution in [-0.2, 0) is 6.54 Å². The summed E-state index contributed by atoms with van der Waals surface area (Å²) in [6.07, 6.45) is 1.71. The molecule has 0 unspecified atom stereocenters. The highest BCUT2D eigenvalue weighted by molar-refractivity contribution is 5.67. The number of anilines is 3. The Hall–Kier alpha value is -2.83. The first kappa shape index (κ1) is 14.6. The first-order valence-corrected chi connectivity index (χ1v) is 6.37. The Bertz CT molecular complexity index is 658. The first-order valence-electron chi connectivity index (χ1n) is 6.37. The number of rotatable bonds is 5. The Labute approximate surface area is 122 Å². The molecule has 0 spiro atoms. The number of benzene rings is 1. The molecule has 1 heterocycles. The first-order chi connectivity index (χ1) is 9.97. The standard InChI is InChI=1S/C14H17N5O2/c1-18(2)14-7-10(5-6-16-14)9-17-12-8-11(15)3-4-13(12)19(20)21/h3-8,17H,9,15H2,1-2H3. The zero-order valence-corrected chi connectivity index (χ0v) is 11.9. The van der Waals surface area contributed by atoms with Crippen LogP contribution in [0.3, 0.4) is 0 Å². The fourth-order valence-corrected chi connectivity index (χ4v) is 1.87. The van der Waals surface area contributed by atoms with Gasteiger partial charge in [-0.15, -0.1) is 0 Å². The maximum absolute atomic E-state index is 11.0. The number of hydrogen-bond donors (Lipinski definition) is 2. The summed E-state index contributed by atoms with van der Waals surface area (Å²) in [6.45, 7) is 0.452. The Morgan fingerprint density at radius 2 is 2.10 bits per heavy atom. The Balaban J connectivity index is 2.18. The van der Waals surface area contributed by atoms with Crippen LogP contribution in [0, 0.1) is 10.1 Å². The predicted molar refractivity (Wildman–Crippen MR) is 83.4 cm³/mol. The molecule has 2 rings (SSSR count). The molecular weight excluding hydrogens is 270 g/mol. The minimum Gasteiger partial charge on any atom is -0.399 e. The zero-order valence-electron chi connectivity index (χ0n) is 11.9. The number of nitrogens with one attached hydrogen (secondary N) is 1. The molecule has 110 valence electrons. The summed E-state index contributed by atoms with van der Waals surface area (Å²) in [7, 11) is 3.81. The van der Waals surface area contributed by atoms with Gasteiger partial charge in [0.2, 0.25) is 0 Å². The summed E-state index contributed by atoms with van der Waals surface area (Å²) in [6, 6.07) is 8.25. The fraction of sp³-hybridized carbons (Fsp3) is 0.214. The van der Waals surface area contributed by atoms with Gasteiger partial charge in [0.05, 0.1) is 4.92 Å². The largest absolute Gasteiger partial charge is 0.399 e. The topological polar surface area (TPSA) is 97.3 Å². The number of nitrogens with two attached hydrogens (primary N) is 1. The van der Waals surface area contributed by atoms with Gasteiger partial charge in [-0.2, -0.15) is 0 Å². The van der Waals surface area contributed by atoms with Crippen LogP contribution in [0.4, 0.5) is 22.9 Å². The molecule has 0 saturated carbocycles. The quantitative estimate of drug-likeness (QED) is 0.497. The van der Waals surface area contributed by atoms with Gasteiger partial charge < -0.3 is 16.0 Å². The molecule has 0 saturated heterocycles. The third-order valence-corrected chi connectivity index (χ3v) is 2.97. The summed E-state index contributed by atoms with van der Waals surface area (Å²) in [5.74, 6) is 0.830. The van der Waals surface area contributed by atoms with Gasteiger partial charge in [0.25, 0.3) is 5.69 Å². The van der Waals surface area contributed by atoms with Crippen LogP contribution in [0.2, 0.25) is 0 Å². The Morgan fingerprint density at radius 1 is 1.33 bits per heavy atom. The third-order valence-electron chi connectivity index (χ3n) is 2.97. The van der Waals surface area contributed by atoms with E-state index in [1.165, 1.54) is 12.1 Å². The molecule has 7 heteroatoms. The Morgan fingerprint density at radius 3 is 2.76 bits per heavy atom. The normalized spacial score (nSPS) is 10.2. The minimum absolute atomic E-state index is 0.00564. The van der Waals surface area contributed by atoms with E-state index in [0.29, 0.717) is 17.9 Å². The van der Waals surface area contributed by atoms with Gasteiger partial charge in [-0.25, -0.2) is 4.98 Å². The van der Waals surface area contributed by atoms with E-state index in [0.717, 1.165) is 11.4 Å². The summed E-state index contributed by atoms with van der Waals surface area (Å²) >= 11 is 0. The van der Waals surface area contributed by atoms with Crippen LogP contribution in [0.25, 0.3) is 0 Å². The minimum atomic E-state index is -0.431. The molecule has 3 N–H and O–H groups in total. The summed E-state index contributed by atoms with van der Waals surface area (Å²) in [5.41, 5.74) is 7.55. The van der Waals surface area contributed by atoms with Crippen molar-refractivity contribution in [2.75, 3.05) is 30.0 Å². The molecule has 0 aliphatic carbocycles. The molecule has 0 aliphatic heterocycles. The van der Waals surface area contributed by atoms with Crippen molar-refractivity contribution in [2.24, 2.45) is 0 Å². The molecule has 7 nitrogen and oxygen atoms in total. The summed E-state index contributed by atoms with van der Waals surface area (Å²) < 4.78 is 0. The lowest BCUT2D eigenvalue weighted by Crippen LogP contribution is -2.11. The van der Waals surface area contributed by atoms with Crippen LogP contribution in [-0.4, -0.2) is 24.0 Å². The van der Waals surface area contributed by atoms with Gasteiger partial charge in [0.15, 0.2) is 0 Å². The number of nitro groups is 1. The number of nitrogens with zero attached hydrogens (tertiary/aromatic N) is 3. The molecular formula is C14H17N5O2. The summed E-state index contributed by atoms with van der Waals surface area (Å²) in [4.78, 5) is 16.7. The maximum atomic E-state index is 11.0.